The van der Waals surface area contributed by atoms with Crippen LogP contribution in [-0.4, -0.2) is 22.5 Å². The van der Waals surface area contributed by atoms with E-state index >= 15 is 0 Å². The molecule has 0 radical (unpaired) electrons. The highest BCUT2D eigenvalue weighted by atomic mass is 16.6. The van der Waals surface area contributed by atoms with Crippen molar-refractivity contribution >= 4 is 6.09 Å². The Morgan fingerprint density at radius 2 is 2.00 bits per heavy atom. The van der Waals surface area contributed by atoms with E-state index in [1.54, 1.807) is 17.3 Å². The first-order valence-corrected chi connectivity index (χ1v) is 8.27. The summed E-state index contributed by atoms with van der Waals surface area (Å²) in [4.78, 5) is 18.4. The maximum Gasteiger partial charge on any atom is 0.411 e. The van der Waals surface area contributed by atoms with Gasteiger partial charge in [-0.2, -0.15) is 0 Å². The lowest BCUT2D eigenvalue weighted by Crippen LogP contribution is -2.59. The normalized spacial score (nSPS) is 23.8. The van der Waals surface area contributed by atoms with Crippen LogP contribution in [0.25, 0.3) is 0 Å². The lowest BCUT2D eigenvalue weighted by molar-refractivity contribution is 0.00917. The van der Waals surface area contributed by atoms with Gasteiger partial charge in [0.15, 0.2) is 0 Å². The molecule has 2 N–H and O–H groups in total. The van der Waals surface area contributed by atoms with Crippen LogP contribution < -0.4 is 5.73 Å². The van der Waals surface area contributed by atoms with Crippen molar-refractivity contribution in [2.75, 3.05) is 6.54 Å². The van der Waals surface area contributed by atoms with Gasteiger partial charge in [0.05, 0.1) is 0 Å². The molecule has 0 aliphatic carbocycles. The monoisotopic (exact) mass is 325 g/mol. The van der Waals surface area contributed by atoms with Crippen molar-refractivity contribution in [2.45, 2.75) is 32.0 Å². The smallest absolute Gasteiger partial charge is 0.411 e. The number of hydrogen-bond acceptors (Lipinski definition) is 4. The number of carbonyl (C=O) groups is 1. The highest BCUT2D eigenvalue weighted by Gasteiger charge is 2.42. The van der Waals surface area contributed by atoms with Gasteiger partial charge in [-0.3, -0.25) is 9.88 Å². The van der Waals surface area contributed by atoms with Crippen molar-refractivity contribution in [3.63, 3.8) is 0 Å². The molecule has 1 amide bonds. The van der Waals surface area contributed by atoms with Crippen LogP contribution in [0, 0.1) is 5.92 Å². The molecule has 126 valence electrons. The van der Waals surface area contributed by atoms with E-state index in [0.29, 0.717) is 18.9 Å². The highest BCUT2D eigenvalue weighted by Crippen LogP contribution is 2.35. The quantitative estimate of drug-likeness (QED) is 0.940. The van der Waals surface area contributed by atoms with Crippen LogP contribution >= 0.6 is 0 Å². The molecule has 2 aromatic rings. The van der Waals surface area contributed by atoms with Crippen LogP contribution in [-0.2, 0) is 17.0 Å². The number of nitrogens with two attached hydrogens (primary N) is 1. The molecule has 2 heterocycles. The Bertz CT molecular complexity index is 678. The third-order valence-corrected chi connectivity index (χ3v) is 4.60. The predicted molar refractivity (Wildman–Crippen MR) is 91.8 cm³/mol. The zero-order valence-corrected chi connectivity index (χ0v) is 13.9. The molecule has 1 aromatic heterocycles. The summed E-state index contributed by atoms with van der Waals surface area (Å²) < 4.78 is 5.52. The van der Waals surface area contributed by atoms with Gasteiger partial charge >= 0.3 is 6.09 Å². The summed E-state index contributed by atoms with van der Waals surface area (Å²) in [6, 6.07) is 13.4. The fraction of sp³-hybridized carbons (Fsp3) is 0.368. The average molecular weight is 325 g/mol. The van der Waals surface area contributed by atoms with Crippen molar-refractivity contribution in [1.82, 2.24) is 9.88 Å². The minimum Gasteiger partial charge on any atom is -0.444 e. The van der Waals surface area contributed by atoms with E-state index in [1.165, 1.54) is 0 Å². The Balaban J connectivity index is 1.78. The number of amides is 1. The molecule has 5 heteroatoms. The summed E-state index contributed by atoms with van der Waals surface area (Å²) in [5, 5.41) is 0. The van der Waals surface area contributed by atoms with Crippen LogP contribution in [0.4, 0.5) is 4.79 Å². The summed E-state index contributed by atoms with van der Waals surface area (Å²) in [7, 11) is 0. The molecule has 1 aliphatic rings. The topological polar surface area (TPSA) is 68.5 Å². The minimum atomic E-state index is -0.844. The number of aromatic nitrogens is 1. The first-order chi connectivity index (χ1) is 11.6. The Morgan fingerprint density at radius 3 is 2.71 bits per heavy atom. The summed E-state index contributed by atoms with van der Waals surface area (Å²) >= 11 is 0. The molecule has 2 atom stereocenters. The van der Waals surface area contributed by atoms with Crippen LogP contribution in [0.1, 0.15) is 30.9 Å². The fourth-order valence-electron chi connectivity index (χ4n) is 3.14. The van der Waals surface area contributed by atoms with Crippen molar-refractivity contribution in [3.05, 3.63) is 66.0 Å². The summed E-state index contributed by atoms with van der Waals surface area (Å²) in [5.74, 6) is 0.396. The number of rotatable bonds is 3. The molecular weight excluding hydrogens is 302 g/mol. The lowest BCUT2D eigenvalue weighted by Gasteiger charge is -2.46. The second-order valence-electron chi connectivity index (χ2n) is 6.45. The van der Waals surface area contributed by atoms with E-state index in [0.717, 1.165) is 17.5 Å². The molecule has 2 unspecified atom stereocenters. The molecule has 1 aromatic carbocycles. The van der Waals surface area contributed by atoms with E-state index in [1.807, 2.05) is 42.5 Å². The molecule has 3 rings (SSSR count). The second kappa shape index (κ2) is 7.01. The molecular formula is C19H23N3O2. The van der Waals surface area contributed by atoms with Gasteiger partial charge in [0.2, 0.25) is 0 Å². The number of nitrogens with zero attached hydrogens (tertiary/aromatic N) is 2. The standard InChI is InChI=1S/C19H23N3O2/c1-15-7-10-19(20,17-8-11-21-12-9-17)22(13-15)18(23)24-14-16-5-3-2-4-6-16/h2-6,8-9,11-12,15H,7,10,13-14,20H2,1H3. The SMILES string of the molecule is CC1CCC(N)(c2ccncc2)N(C(=O)OCc2ccccc2)C1. The predicted octanol–water partition coefficient (Wildman–Crippen LogP) is 3.26. The maximum absolute atomic E-state index is 12.7. The number of piperidine rings is 1. The van der Waals surface area contributed by atoms with Crippen molar-refractivity contribution in [2.24, 2.45) is 11.7 Å². The Labute approximate surface area is 142 Å². The number of hydrogen-bond donors (Lipinski definition) is 1. The number of ether oxygens (including phenoxy) is 1. The largest absolute Gasteiger partial charge is 0.444 e. The van der Waals surface area contributed by atoms with E-state index in [2.05, 4.69) is 11.9 Å². The third kappa shape index (κ3) is 3.41. The van der Waals surface area contributed by atoms with Crippen molar-refractivity contribution in [3.8, 4) is 0 Å². The van der Waals surface area contributed by atoms with E-state index in [4.69, 9.17) is 10.5 Å². The molecule has 1 aliphatic heterocycles. The van der Waals surface area contributed by atoms with E-state index < -0.39 is 5.66 Å². The summed E-state index contributed by atoms with van der Waals surface area (Å²) in [5.41, 5.74) is 7.66. The lowest BCUT2D eigenvalue weighted by atomic mass is 9.85. The summed E-state index contributed by atoms with van der Waals surface area (Å²) in [6.45, 7) is 2.97. The van der Waals surface area contributed by atoms with Crippen LogP contribution in [0.3, 0.4) is 0 Å². The number of likely N-dealkylation sites (tertiary alicyclic amines) is 1. The van der Waals surface area contributed by atoms with E-state index in [-0.39, 0.29) is 12.7 Å². The van der Waals surface area contributed by atoms with Crippen LogP contribution in [0.15, 0.2) is 54.9 Å². The van der Waals surface area contributed by atoms with Crippen LogP contribution in [0.2, 0.25) is 0 Å². The van der Waals surface area contributed by atoms with Gasteiger partial charge in [0.1, 0.15) is 12.3 Å². The fourth-order valence-corrected chi connectivity index (χ4v) is 3.14. The molecule has 0 bridgehead atoms. The highest BCUT2D eigenvalue weighted by molar-refractivity contribution is 5.69. The van der Waals surface area contributed by atoms with Gasteiger partial charge in [0.25, 0.3) is 0 Å². The van der Waals surface area contributed by atoms with Crippen molar-refractivity contribution < 1.29 is 9.53 Å². The van der Waals surface area contributed by atoms with Gasteiger partial charge in [-0.05, 0) is 42.0 Å². The Kier molecular flexibility index (Phi) is 4.81. The van der Waals surface area contributed by atoms with E-state index in [9.17, 15) is 4.79 Å². The number of carbonyl (C=O) groups excluding carboxylic acids is 1. The molecule has 1 fully saturated rings. The van der Waals surface area contributed by atoms with Gasteiger partial charge in [-0.25, -0.2) is 4.79 Å². The Morgan fingerprint density at radius 1 is 1.29 bits per heavy atom. The third-order valence-electron chi connectivity index (χ3n) is 4.60. The maximum atomic E-state index is 12.7. The molecule has 1 saturated heterocycles. The van der Waals surface area contributed by atoms with Crippen LogP contribution in [0.5, 0.6) is 0 Å². The van der Waals surface area contributed by atoms with Gasteiger partial charge in [0, 0.05) is 18.9 Å². The molecule has 0 spiro atoms. The number of benzene rings is 1. The zero-order valence-electron chi connectivity index (χ0n) is 13.9. The average Bonchev–Trinajstić information content (AvgIpc) is 2.63. The van der Waals surface area contributed by atoms with Gasteiger partial charge < -0.3 is 10.5 Å². The number of pyridine rings is 1. The molecule has 0 saturated carbocycles. The van der Waals surface area contributed by atoms with Crippen molar-refractivity contribution in [1.29, 1.82) is 0 Å². The minimum absolute atomic E-state index is 0.247. The first-order valence-electron chi connectivity index (χ1n) is 8.27. The summed E-state index contributed by atoms with van der Waals surface area (Å²) in [6.07, 6.45) is 4.72. The first kappa shape index (κ1) is 16.5. The Hall–Kier alpha value is -2.40. The van der Waals surface area contributed by atoms with Gasteiger partial charge in [-0.15, -0.1) is 0 Å². The van der Waals surface area contributed by atoms with Gasteiger partial charge in [-0.1, -0.05) is 37.3 Å². The molecule has 5 nitrogen and oxygen atoms in total. The molecule has 24 heavy (non-hydrogen) atoms. The zero-order chi connectivity index (χ0) is 17.0. The second-order valence-corrected chi connectivity index (χ2v) is 6.45.